The molecule has 29 heavy (non-hydrogen) atoms. The summed E-state index contributed by atoms with van der Waals surface area (Å²) in [5.41, 5.74) is 1.55. The van der Waals surface area contributed by atoms with Gasteiger partial charge in [-0.1, -0.05) is 30.3 Å². The van der Waals surface area contributed by atoms with Crippen LogP contribution in [0.25, 0.3) is 0 Å². The molecule has 2 aliphatic heterocycles. The molecule has 0 aliphatic carbocycles. The number of amides is 1. The molecule has 2 heterocycles. The second-order valence-electron chi connectivity index (χ2n) is 8.32. The first-order chi connectivity index (χ1) is 14.1. The van der Waals surface area contributed by atoms with Crippen LogP contribution in [0.2, 0.25) is 0 Å². The summed E-state index contributed by atoms with van der Waals surface area (Å²) in [6, 6.07) is 13.2. The third-order valence-corrected chi connectivity index (χ3v) is 6.21. The lowest BCUT2D eigenvalue weighted by atomic mass is 10.0. The van der Waals surface area contributed by atoms with Gasteiger partial charge < -0.3 is 15.1 Å². The molecule has 2 aliphatic rings. The monoisotopic (exact) mass is 395 g/mol. The van der Waals surface area contributed by atoms with E-state index in [4.69, 9.17) is 0 Å². The molecule has 0 spiro atoms. The molecule has 1 N–H and O–H groups in total. The second-order valence-corrected chi connectivity index (χ2v) is 8.32. The molecule has 3 rings (SSSR count). The van der Waals surface area contributed by atoms with Crippen molar-refractivity contribution in [2.24, 2.45) is 0 Å². The van der Waals surface area contributed by atoms with Gasteiger partial charge in [-0.25, -0.2) is 0 Å². The van der Waals surface area contributed by atoms with Gasteiger partial charge in [-0.05, 0) is 51.4 Å². The lowest BCUT2D eigenvalue weighted by molar-refractivity contribution is -0.128. The molecule has 1 aromatic carbocycles. The van der Waals surface area contributed by atoms with E-state index in [0.717, 1.165) is 58.4 Å². The molecule has 2 fully saturated rings. The van der Waals surface area contributed by atoms with Crippen LogP contribution >= 0.6 is 0 Å². The number of benzene rings is 1. The molecule has 0 atom stereocenters. The Morgan fingerprint density at radius 3 is 2.45 bits per heavy atom. The van der Waals surface area contributed by atoms with Crippen LogP contribution in [-0.4, -0.2) is 73.0 Å². The Labute approximate surface area is 174 Å². The molecule has 156 valence electrons. The number of hydrogen-bond acceptors (Lipinski definition) is 5. The first-order valence-electron chi connectivity index (χ1n) is 10.6. The van der Waals surface area contributed by atoms with E-state index in [-0.39, 0.29) is 17.5 Å². The van der Waals surface area contributed by atoms with Gasteiger partial charge in [0.05, 0.1) is 0 Å². The first kappa shape index (κ1) is 21.4. The van der Waals surface area contributed by atoms with Gasteiger partial charge in [0, 0.05) is 45.0 Å². The van der Waals surface area contributed by atoms with Gasteiger partial charge in [0.1, 0.15) is 11.6 Å². The Bertz CT molecular complexity index is 725. The summed E-state index contributed by atoms with van der Waals surface area (Å²) >= 11 is 0. The maximum atomic E-state index is 12.8. The summed E-state index contributed by atoms with van der Waals surface area (Å²) in [6.45, 7) is 5.01. The van der Waals surface area contributed by atoms with Crippen molar-refractivity contribution in [3.63, 3.8) is 0 Å². The van der Waals surface area contributed by atoms with Crippen LogP contribution in [0.1, 0.15) is 31.2 Å². The Hall–Kier alpha value is -2.36. The Morgan fingerprint density at radius 2 is 1.83 bits per heavy atom. The Morgan fingerprint density at radius 1 is 1.17 bits per heavy atom. The standard InChI is InChI=1S/C23H33N5O/c1-26-12-10-22(11-13-26)27(2)23(29)20(16-24)17-25-21-8-14-28(15-9-21)18-19-6-4-3-5-7-19/h3-7,17,21-22,25H,8-15,18H2,1-2H3/b20-17-. The molecule has 0 bridgehead atoms. The highest BCUT2D eigenvalue weighted by Gasteiger charge is 2.26. The van der Waals surface area contributed by atoms with E-state index in [0.29, 0.717) is 6.04 Å². The van der Waals surface area contributed by atoms with Crippen molar-refractivity contribution in [3.8, 4) is 6.07 Å². The highest BCUT2D eigenvalue weighted by atomic mass is 16.2. The fourth-order valence-corrected chi connectivity index (χ4v) is 4.18. The minimum absolute atomic E-state index is 0.170. The lowest BCUT2D eigenvalue weighted by Gasteiger charge is -2.35. The van der Waals surface area contributed by atoms with E-state index in [1.807, 2.05) is 13.1 Å². The number of carbonyl (C=O) groups is 1. The Balaban J connectivity index is 1.47. The van der Waals surface area contributed by atoms with Crippen LogP contribution in [0.3, 0.4) is 0 Å². The molecule has 1 amide bonds. The minimum Gasteiger partial charge on any atom is -0.387 e. The number of likely N-dealkylation sites (tertiary alicyclic amines) is 2. The van der Waals surface area contributed by atoms with Crippen LogP contribution in [0.5, 0.6) is 0 Å². The summed E-state index contributed by atoms with van der Waals surface area (Å²) in [5, 5.41) is 12.8. The van der Waals surface area contributed by atoms with Crippen LogP contribution in [0.15, 0.2) is 42.1 Å². The minimum atomic E-state index is -0.170. The van der Waals surface area contributed by atoms with E-state index < -0.39 is 0 Å². The van der Waals surface area contributed by atoms with E-state index in [1.54, 1.807) is 11.1 Å². The second kappa shape index (κ2) is 10.4. The zero-order valence-electron chi connectivity index (χ0n) is 17.7. The van der Waals surface area contributed by atoms with Crippen LogP contribution in [0.4, 0.5) is 0 Å². The zero-order valence-corrected chi connectivity index (χ0v) is 17.7. The Kier molecular flexibility index (Phi) is 7.68. The molecule has 6 heteroatoms. The molecule has 0 unspecified atom stereocenters. The molecule has 6 nitrogen and oxygen atoms in total. The van der Waals surface area contributed by atoms with E-state index in [1.165, 1.54) is 5.56 Å². The predicted molar refractivity (Wildman–Crippen MR) is 115 cm³/mol. The van der Waals surface area contributed by atoms with Gasteiger partial charge in [0.25, 0.3) is 5.91 Å². The van der Waals surface area contributed by atoms with Crippen molar-refractivity contribution in [2.75, 3.05) is 40.3 Å². The van der Waals surface area contributed by atoms with Gasteiger partial charge in [0.15, 0.2) is 0 Å². The van der Waals surface area contributed by atoms with E-state index in [2.05, 4.69) is 52.5 Å². The predicted octanol–water partition coefficient (Wildman–Crippen LogP) is 2.20. The van der Waals surface area contributed by atoms with Gasteiger partial charge in [-0.3, -0.25) is 9.69 Å². The number of nitrogens with zero attached hydrogens (tertiary/aromatic N) is 4. The van der Waals surface area contributed by atoms with Crippen LogP contribution in [0, 0.1) is 11.3 Å². The molecule has 0 saturated carbocycles. The quantitative estimate of drug-likeness (QED) is 0.591. The summed E-state index contributed by atoms with van der Waals surface area (Å²) in [7, 11) is 3.93. The molecular weight excluding hydrogens is 362 g/mol. The lowest BCUT2D eigenvalue weighted by Crippen LogP contribution is -2.45. The van der Waals surface area contributed by atoms with Crippen LogP contribution in [-0.2, 0) is 11.3 Å². The highest BCUT2D eigenvalue weighted by Crippen LogP contribution is 2.17. The van der Waals surface area contributed by atoms with Gasteiger partial charge >= 0.3 is 0 Å². The summed E-state index contributed by atoms with van der Waals surface area (Å²) in [6.07, 6.45) is 5.60. The van der Waals surface area contributed by atoms with Crippen molar-refractivity contribution in [2.45, 2.75) is 44.3 Å². The molecule has 2 saturated heterocycles. The number of piperidine rings is 2. The largest absolute Gasteiger partial charge is 0.387 e. The molecule has 0 radical (unpaired) electrons. The third kappa shape index (κ3) is 6.06. The summed E-state index contributed by atoms with van der Waals surface area (Å²) in [5.74, 6) is -0.170. The number of nitriles is 1. The summed E-state index contributed by atoms with van der Waals surface area (Å²) in [4.78, 5) is 19.3. The number of nitrogens with one attached hydrogen (secondary N) is 1. The first-order valence-corrected chi connectivity index (χ1v) is 10.6. The number of likely N-dealkylation sites (N-methyl/N-ethyl adjacent to an activating group) is 1. The van der Waals surface area contributed by atoms with Crippen molar-refractivity contribution < 1.29 is 4.79 Å². The average molecular weight is 396 g/mol. The normalized spacial score (nSPS) is 20.2. The van der Waals surface area contributed by atoms with Crippen molar-refractivity contribution in [1.82, 2.24) is 20.0 Å². The van der Waals surface area contributed by atoms with Crippen molar-refractivity contribution in [3.05, 3.63) is 47.7 Å². The zero-order chi connectivity index (χ0) is 20.6. The van der Waals surface area contributed by atoms with E-state index >= 15 is 0 Å². The molecular formula is C23H33N5O. The topological polar surface area (TPSA) is 62.6 Å². The fourth-order valence-electron chi connectivity index (χ4n) is 4.18. The van der Waals surface area contributed by atoms with Crippen LogP contribution < -0.4 is 5.32 Å². The molecule has 0 aromatic heterocycles. The number of rotatable bonds is 6. The maximum absolute atomic E-state index is 12.8. The van der Waals surface area contributed by atoms with Gasteiger partial charge in [-0.15, -0.1) is 0 Å². The van der Waals surface area contributed by atoms with Crippen molar-refractivity contribution >= 4 is 5.91 Å². The average Bonchev–Trinajstić information content (AvgIpc) is 2.76. The fraction of sp³-hybridized carbons (Fsp3) is 0.565. The third-order valence-electron chi connectivity index (χ3n) is 6.21. The van der Waals surface area contributed by atoms with Crippen molar-refractivity contribution in [1.29, 1.82) is 5.26 Å². The van der Waals surface area contributed by atoms with Gasteiger partial charge in [-0.2, -0.15) is 5.26 Å². The number of hydrogen-bond donors (Lipinski definition) is 1. The maximum Gasteiger partial charge on any atom is 0.265 e. The SMILES string of the molecule is CN1CCC(N(C)C(=O)/C(C#N)=C\NC2CCN(Cc3ccccc3)CC2)CC1. The highest BCUT2D eigenvalue weighted by molar-refractivity contribution is 5.97. The summed E-state index contributed by atoms with van der Waals surface area (Å²) < 4.78 is 0. The van der Waals surface area contributed by atoms with E-state index in [9.17, 15) is 10.1 Å². The smallest absolute Gasteiger partial charge is 0.265 e. The molecule has 1 aromatic rings. The number of carbonyl (C=O) groups excluding carboxylic acids is 1. The van der Waals surface area contributed by atoms with Gasteiger partial charge in [0.2, 0.25) is 0 Å².